The number of piperidine rings is 1. The average molecular weight is 539 g/mol. The zero-order valence-corrected chi connectivity index (χ0v) is 20.5. The van der Waals surface area contributed by atoms with Crippen LogP contribution >= 0.6 is 39.5 Å². The van der Waals surface area contributed by atoms with E-state index in [0.717, 1.165) is 14.9 Å². The second-order valence-corrected chi connectivity index (χ2v) is 9.50. The molecule has 0 atom stereocenters. The molecule has 1 amide bonds. The maximum Gasteiger partial charge on any atom is 0.322 e. The van der Waals surface area contributed by atoms with E-state index in [2.05, 4.69) is 31.8 Å². The molecule has 1 fully saturated rings. The van der Waals surface area contributed by atoms with Crippen LogP contribution in [0.2, 0.25) is 0 Å². The highest BCUT2D eigenvalue weighted by molar-refractivity contribution is 9.10. The number of nitrogens with one attached hydrogen (secondary N) is 2. The minimum Gasteiger partial charge on any atom is -0.506 e. The van der Waals surface area contributed by atoms with E-state index in [-0.39, 0.29) is 24.1 Å². The van der Waals surface area contributed by atoms with Crippen molar-refractivity contribution in [3.8, 4) is 16.2 Å². The first kappa shape index (κ1) is 24.1. The van der Waals surface area contributed by atoms with Gasteiger partial charge in [0.2, 0.25) is 5.91 Å². The largest absolute Gasteiger partial charge is 0.506 e. The SMILES string of the molecule is C/C(=N\NC(=S)N1CCC(C(=O)NCC(=O)O)CC1)c1csc(-c2ccc(Br)cc2)c1O. The Balaban J connectivity index is 1.55. The van der Waals surface area contributed by atoms with Crippen LogP contribution in [0.4, 0.5) is 0 Å². The number of carboxylic acids is 1. The third-order valence-electron chi connectivity index (χ3n) is 5.15. The third-order valence-corrected chi connectivity index (χ3v) is 7.04. The van der Waals surface area contributed by atoms with Crippen LogP contribution in [0.5, 0.6) is 5.75 Å². The molecule has 2 heterocycles. The fourth-order valence-electron chi connectivity index (χ4n) is 3.33. The van der Waals surface area contributed by atoms with Crippen molar-refractivity contribution in [3.63, 3.8) is 0 Å². The molecule has 170 valence electrons. The van der Waals surface area contributed by atoms with Gasteiger partial charge in [0.25, 0.3) is 0 Å². The molecule has 0 saturated carbocycles. The molecule has 11 heteroatoms. The number of thiophene rings is 1. The van der Waals surface area contributed by atoms with E-state index in [1.807, 2.05) is 34.5 Å². The van der Waals surface area contributed by atoms with Crippen molar-refractivity contribution in [2.24, 2.45) is 11.0 Å². The maximum absolute atomic E-state index is 12.0. The van der Waals surface area contributed by atoms with Gasteiger partial charge in [0.15, 0.2) is 5.11 Å². The molecule has 32 heavy (non-hydrogen) atoms. The number of amides is 1. The van der Waals surface area contributed by atoms with Gasteiger partial charge in [-0.05, 0) is 49.7 Å². The van der Waals surface area contributed by atoms with Gasteiger partial charge in [0.05, 0.1) is 16.2 Å². The summed E-state index contributed by atoms with van der Waals surface area (Å²) >= 11 is 10.3. The zero-order valence-electron chi connectivity index (χ0n) is 17.3. The van der Waals surface area contributed by atoms with Crippen molar-refractivity contribution >= 4 is 62.2 Å². The van der Waals surface area contributed by atoms with Crippen molar-refractivity contribution in [2.45, 2.75) is 19.8 Å². The molecule has 1 aromatic carbocycles. The Bertz CT molecular complexity index is 1030. The number of hydrogen-bond donors (Lipinski definition) is 4. The first-order valence-corrected chi connectivity index (χ1v) is 12.0. The number of hydrogen-bond acceptors (Lipinski definition) is 6. The van der Waals surface area contributed by atoms with Crippen molar-refractivity contribution in [1.29, 1.82) is 0 Å². The Morgan fingerprint density at radius 2 is 1.94 bits per heavy atom. The topological polar surface area (TPSA) is 114 Å². The highest BCUT2D eigenvalue weighted by Crippen LogP contribution is 2.39. The number of thiocarbonyl (C=S) groups is 1. The Labute approximate surface area is 203 Å². The number of nitrogens with zero attached hydrogens (tertiary/aromatic N) is 2. The Morgan fingerprint density at radius 1 is 1.28 bits per heavy atom. The summed E-state index contributed by atoms with van der Waals surface area (Å²) in [6, 6.07) is 7.72. The number of carbonyl (C=O) groups excluding carboxylic acids is 1. The summed E-state index contributed by atoms with van der Waals surface area (Å²) in [5.41, 5.74) is 5.04. The molecule has 0 bridgehead atoms. The minimum atomic E-state index is -1.06. The van der Waals surface area contributed by atoms with Crippen LogP contribution in [0.3, 0.4) is 0 Å². The second-order valence-electron chi connectivity index (χ2n) is 7.32. The number of aliphatic carboxylic acids is 1. The smallest absolute Gasteiger partial charge is 0.322 e. The average Bonchev–Trinajstić information content (AvgIpc) is 3.17. The van der Waals surface area contributed by atoms with E-state index < -0.39 is 5.97 Å². The van der Waals surface area contributed by atoms with Gasteiger partial charge in [0.1, 0.15) is 12.3 Å². The normalized spacial score (nSPS) is 14.8. The monoisotopic (exact) mass is 538 g/mol. The van der Waals surface area contributed by atoms with E-state index in [9.17, 15) is 14.7 Å². The standard InChI is InChI=1S/C21H23BrN4O4S2/c1-12(16-11-32-19(18(16)29)13-2-4-15(22)5-3-13)24-25-21(31)26-8-6-14(7-9-26)20(30)23-10-17(27)28/h2-5,11,14,29H,6-10H2,1H3,(H,23,30)(H,25,31)(H,27,28)/b24-12+. The lowest BCUT2D eigenvalue weighted by Gasteiger charge is -2.32. The summed E-state index contributed by atoms with van der Waals surface area (Å²) in [5.74, 6) is -1.35. The van der Waals surface area contributed by atoms with E-state index in [4.69, 9.17) is 17.3 Å². The number of carbonyl (C=O) groups is 2. The maximum atomic E-state index is 12.0. The first-order valence-electron chi connectivity index (χ1n) is 9.91. The number of halogens is 1. The lowest BCUT2D eigenvalue weighted by Crippen LogP contribution is -2.46. The van der Waals surface area contributed by atoms with Crippen LogP contribution in [0.25, 0.3) is 10.4 Å². The summed E-state index contributed by atoms with van der Waals surface area (Å²) in [6.45, 7) is 2.57. The number of hydrazone groups is 1. The van der Waals surface area contributed by atoms with E-state index in [0.29, 0.717) is 42.3 Å². The molecule has 0 radical (unpaired) electrons. The Hall–Kier alpha value is -2.50. The lowest BCUT2D eigenvalue weighted by molar-refractivity contribution is -0.138. The zero-order chi connectivity index (χ0) is 23.3. The fraction of sp³-hybridized carbons (Fsp3) is 0.333. The lowest BCUT2D eigenvalue weighted by atomic mass is 9.96. The first-order chi connectivity index (χ1) is 15.3. The number of aromatic hydroxyl groups is 1. The van der Waals surface area contributed by atoms with E-state index in [1.54, 1.807) is 6.92 Å². The molecule has 0 unspecified atom stereocenters. The van der Waals surface area contributed by atoms with Gasteiger partial charge in [-0.25, -0.2) is 0 Å². The quantitative estimate of drug-likeness (QED) is 0.253. The molecule has 8 nitrogen and oxygen atoms in total. The molecule has 1 aliphatic rings. The Kier molecular flexibility index (Phi) is 8.21. The van der Waals surface area contributed by atoms with Crippen LogP contribution in [-0.2, 0) is 9.59 Å². The number of likely N-dealkylation sites (tertiary alicyclic amines) is 1. The highest BCUT2D eigenvalue weighted by Gasteiger charge is 2.26. The molecule has 0 aliphatic carbocycles. The van der Waals surface area contributed by atoms with Gasteiger partial charge in [0, 0.05) is 28.9 Å². The van der Waals surface area contributed by atoms with Crippen molar-refractivity contribution in [1.82, 2.24) is 15.6 Å². The number of rotatable bonds is 6. The second kappa shape index (κ2) is 10.9. The van der Waals surface area contributed by atoms with Gasteiger partial charge in [-0.15, -0.1) is 11.3 Å². The molecule has 0 spiro atoms. The predicted octanol–water partition coefficient (Wildman–Crippen LogP) is 3.39. The molecule has 1 aromatic heterocycles. The van der Waals surface area contributed by atoms with Crippen molar-refractivity contribution in [3.05, 3.63) is 39.7 Å². The fourth-order valence-corrected chi connectivity index (χ4v) is 4.83. The van der Waals surface area contributed by atoms with Crippen LogP contribution in [0.1, 0.15) is 25.3 Å². The molecular weight excluding hydrogens is 516 g/mol. The van der Waals surface area contributed by atoms with Crippen LogP contribution < -0.4 is 10.7 Å². The van der Waals surface area contributed by atoms with E-state index >= 15 is 0 Å². The molecule has 4 N–H and O–H groups in total. The van der Waals surface area contributed by atoms with Crippen molar-refractivity contribution < 1.29 is 19.8 Å². The Morgan fingerprint density at radius 3 is 2.56 bits per heavy atom. The van der Waals surface area contributed by atoms with Crippen molar-refractivity contribution in [2.75, 3.05) is 19.6 Å². The third kappa shape index (κ3) is 6.05. The number of carboxylic acid groups (broad SMARTS) is 1. The summed E-state index contributed by atoms with van der Waals surface area (Å²) in [4.78, 5) is 25.3. The van der Waals surface area contributed by atoms with Gasteiger partial charge in [-0.3, -0.25) is 15.0 Å². The van der Waals surface area contributed by atoms with Gasteiger partial charge in [-0.2, -0.15) is 5.10 Å². The summed E-state index contributed by atoms with van der Waals surface area (Å²) < 4.78 is 0.970. The molecule has 3 rings (SSSR count). The van der Waals surface area contributed by atoms with Gasteiger partial charge < -0.3 is 20.4 Å². The van der Waals surface area contributed by atoms with E-state index in [1.165, 1.54) is 11.3 Å². The van der Waals surface area contributed by atoms with Gasteiger partial charge >= 0.3 is 5.97 Å². The number of benzene rings is 1. The molecular formula is C21H23BrN4O4S2. The van der Waals surface area contributed by atoms with Crippen LogP contribution in [0, 0.1) is 5.92 Å². The summed E-state index contributed by atoms with van der Waals surface area (Å²) in [6.07, 6.45) is 1.16. The van der Waals surface area contributed by atoms with Crippen LogP contribution in [-0.4, -0.2) is 57.4 Å². The molecule has 1 saturated heterocycles. The van der Waals surface area contributed by atoms with Crippen LogP contribution in [0.15, 0.2) is 39.2 Å². The van der Waals surface area contributed by atoms with Gasteiger partial charge in [-0.1, -0.05) is 28.1 Å². The molecule has 1 aliphatic heterocycles. The minimum absolute atomic E-state index is 0.180. The predicted molar refractivity (Wildman–Crippen MR) is 132 cm³/mol. The summed E-state index contributed by atoms with van der Waals surface area (Å²) in [5, 5.41) is 28.4. The summed E-state index contributed by atoms with van der Waals surface area (Å²) in [7, 11) is 0. The highest BCUT2D eigenvalue weighted by atomic mass is 79.9. The molecule has 2 aromatic rings.